The summed E-state index contributed by atoms with van der Waals surface area (Å²) in [6, 6.07) is 0.203. The number of carbonyl (C=O) groups is 2. The monoisotopic (exact) mass is 566 g/mol. The number of aliphatic carboxylic acids is 1. The third kappa shape index (κ3) is 4.02. The van der Waals surface area contributed by atoms with Crippen molar-refractivity contribution in [2.45, 2.75) is 137 Å². The molecule has 11 atom stereocenters. The first-order valence-electron chi connectivity index (χ1n) is 17.1. The van der Waals surface area contributed by atoms with Gasteiger partial charge < -0.3 is 15.7 Å². The highest BCUT2D eigenvalue weighted by Gasteiger charge is 2.72. The predicted molar refractivity (Wildman–Crippen MR) is 164 cm³/mol. The third-order valence-electron chi connectivity index (χ3n) is 15.5. The van der Waals surface area contributed by atoms with Crippen LogP contribution in [0.15, 0.2) is 12.2 Å². The van der Waals surface area contributed by atoms with Gasteiger partial charge in [0.25, 0.3) is 0 Å². The Morgan fingerprint density at radius 2 is 1.59 bits per heavy atom. The zero-order valence-electron chi connectivity index (χ0n) is 26.9. The van der Waals surface area contributed by atoms with E-state index < -0.39 is 11.4 Å². The van der Waals surface area contributed by atoms with Crippen LogP contribution < -0.4 is 10.6 Å². The molecular formula is C36H58N2O3. The minimum absolute atomic E-state index is 0.0272. The van der Waals surface area contributed by atoms with Gasteiger partial charge in [0.15, 0.2) is 0 Å². The molecule has 41 heavy (non-hydrogen) atoms. The zero-order valence-corrected chi connectivity index (χ0v) is 26.9. The Labute approximate surface area is 249 Å². The van der Waals surface area contributed by atoms with Crippen molar-refractivity contribution in [1.29, 1.82) is 0 Å². The predicted octanol–water partition coefficient (Wildman–Crippen LogP) is 7.36. The number of carbonyl (C=O) groups excluding carboxylic acids is 1. The fourth-order valence-corrected chi connectivity index (χ4v) is 13.1. The average molecular weight is 567 g/mol. The number of nitrogens with one attached hydrogen (secondary N) is 2. The highest BCUT2D eigenvalue weighted by molar-refractivity contribution is 5.82. The van der Waals surface area contributed by atoms with E-state index in [1.807, 2.05) is 0 Å². The molecule has 0 aromatic rings. The number of hydrogen-bond donors (Lipinski definition) is 3. The summed E-state index contributed by atoms with van der Waals surface area (Å²) in [6.07, 6.45) is 14.0. The molecular weight excluding hydrogens is 508 g/mol. The lowest BCUT2D eigenvalue weighted by atomic mass is 9.32. The van der Waals surface area contributed by atoms with E-state index in [4.69, 9.17) is 0 Å². The topological polar surface area (TPSA) is 78.4 Å². The van der Waals surface area contributed by atoms with Crippen molar-refractivity contribution in [2.75, 3.05) is 6.54 Å². The van der Waals surface area contributed by atoms with Crippen LogP contribution in [0, 0.1) is 56.7 Å². The van der Waals surface area contributed by atoms with Crippen molar-refractivity contribution in [1.82, 2.24) is 10.6 Å². The first-order valence-corrected chi connectivity index (χ1v) is 17.1. The molecule has 0 aromatic carbocycles. The van der Waals surface area contributed by atoms with E-state index in [2.05, 4.69) is 58.8 Å². The largest absolute Gasteiger partial charge is 0.481 e. The van der Waals surface area contributed by atoms with Crippen LogP contribution in [-0.4, -0.2) is 35.6 Å². The van der Waals surface area contributed by atoms with Crippen LogP contribution in [-0.2, 0) is 9.59 Å². The van der Waals surface area contributed by atoms with Crippen LogP contribution >= 0.6 is 0 Å². The lowest BCUT2D eigenvalue weighted by molar-refractivity contribution is -0.240. The van der Waals surface area contributed by atoms with E-state index in [1.165, 1.54) is 37.7 Å². The van der Waals surface area contributed by atoms with Crippen molar-refractivity contribution >= 4 is 11.9 Å². The molecule has 0 bridgehead atoms. The molecule has 1 aliphatic heterocycles. The summed E-state index contributed by atoms with van der Waals surface area (Å²) in [7, 11) is 0. The molecule has 1 unspecified atom stereocenters. The maximum absolute atomic E-state index is 13.3. The fourth-order valence-electron chi connectivity index (χ4n) is 13.1. The van der Waals surface area contributed by atoms with Gasteiger partial charge in [0.05, 0.1) is 11.5 Å². The van der Waals surface area contributed by atoms with Gasteiger partial charge in [-0.2, -0.15) is 0 Å². The SMILES string of the molecule is C=C(C)[C@@H]1CC[C@]2(C(=O)O)CC[C@]3(C)[C@H](CC[C@@H]4[C@@]5(C)CC[C@H](NC(=O)C6CCCCN6)C(C)(C)[C@@H]5CC[C@]43C)[C@@H]12. The van der Waals surface area contributed by atoms with Crippen LogP contribution in [0.3, 0.4) is 0 Å². The van der Waals surface area contributed by atoms with Crippen molar-refractivity contribution in [3.05, 3.63) is 12.2 Å². The molecule has 5 aliphatic carbocycles. The maximum atomic E-state index is 13.3. The van der Waals surface area contributed by atoms with Gasteiger partial charge >= 0.3 is 5.97 Å². The minimum Gasteiger partial charge on any atom is -0.481 e. The molecule has 1 saturated heterocycles. The van der Waals surface area contributed by atoms with E-state index in [-0.39, 0.29) is 45.6 Å². The van der Waals surface area contributed by atoms with Crippen LogP contribution in [0.5, 0.6) is 0 Å². The number of allylic oxidation sites excluding steroid dienone is 1. The van der Waals surface area contributed by atoms with Crippen LogP contribution in [0.1, 0.15) is 125 Å². The summed E-state index contributed by atoms with van der Waals surface area (Å²) < 4.78 is 0. The second-order valence-corrected chi connectivity index (χ2v) is 17.1. The molecule has 0 aromatic heterocycles. The van der Waals surface area contributed by atoms with Gasteiger partial charge in [0.1, 0.15) is 0 Å². The second kappa shape index (κ2) is 9.83. The van der Waals surface area contributed by atoms with Crippen molar-refractivity contribution in [3.63, 3.8) is 0 Å². The Morgan fingerprint density at radius 1 is 0.829 bits per heavy atom. The molecule has 6 rings (SSSR count). The number of fused-ring (bicyclic) bond motifs is 7. The first-order chi connectivity index (χ1) is 19.2. The fraction of sp³-hybridized carbons (Fsp3) is 0.889. The summed E-state index contributed by atoms with van der Waals surface area (Å²) in [5.41, 5.74) is 1.33. The number of amides is 1. The van der Waals surface area contributed by atoms with E-state index in [0.717, 1.165) is 57.9 Å². The summed E-state index contributed by atoms with van der Waals surface area (Å²) in [6.45, 7) is 20.2. The minimum atomic E-state index is -0.552. The molecule has 1 amide bonds. The summed E-state index contributed by atoms with van der Waals surface area (Å²) in [5, 5.41) is 17.6. The van der Waals surface area contributed by atoms with Gasteiger partial charge in [-0.1, -0.05) is 53.2 Å². The molecule has 5 nitrogen and oxygen atoms in total. The zero-order chi connectivity index (χ0) is 29.6. The van der Waals surface area contributed by atoms with E-state index in [1.54, 1.807) is 0 Å². The van der Waals surface area contributed by atoms with Gasteiger partial charge in [-0.05, 0) is 142 Å². The highest BCUT2D eigenvalue weighted by atomic mass is 16.4. The summed E-state index contributed by atoms with van der Waals surface area (Å²) in [5.74, 6) is 1.95. The van der Waals surface area contributed by atoms with Gasteiger partial charge in [-0.25, -0.2) is 0 Å². The molecule has 5 heteroatoms. The standard InChI is InChI=1S/C36H58N2O3/c1-22(2)23-13-18-36(31(40)41)20-19-34(6)24(29(23)36)11-12-27-33(5)16-15-28(38-30(39)25-10-8-9-21-37-25)32(3,4)26(33)14-17-35(27,34)7/h23-29,37H,1,8-21H2,2-7H3,(H,38,39)(H,40,41)/t23-,24+,25?,26-,27+,28-,29+,33-,34+,35+,36-/m0/s1. The number of carboxylic acid groups (broad SMARTS) is 1. The number of carboxylic acids is 1. The molecule has 3 N–H and O–H groups in total. The quantitative estimate of drug-likeness (QED) is 0.311. The van der Waals surface area contributed by atoms with E-state index in [9.17, 15) is 14.7 Å². The van der Waals surface area contributed by atoms with E-state index >= 15 is 0 Å². The Bertz CT molecular complexity index is 1090. The normalized spacial score (nSPS) is 50.4. The van der Waals surface area contributed by atoms with Crippen molar-refractivity contribution in [3.8, 4) is 0 Å². The Balaban J connectivity index is 1.28. The van der Waals surface area contributed by atoms with Crippen LogP contribution in [0.25, 0.3) is 0 Å². The van der Waals surface area contributed by atoms with Crippen LogP contribution in [0.4, 0.5) is 0 Å². The summed E-state index contributed by atoms with van der Waals surface area (Å²) >= 11 is 0. The molecule has 6 fully saturated rings. The molecule has 0 spiro atoms. The second-order valence-electron chi connectivity index (χ2n) is 17.1. The smallest absolute Gasteiger partial charge is 0.309 e. The molecule has 5 saturated carbocycles. The molecule has 6 aliphatic rings. The lowest BCUT2D eigenvalue weighted by Crippen LogP contribution is -2.68. The van der Waals surface area contributed by atoms with E-state index in [0.29, 0.717) is 23.7 Å². The number of hydrogen-bond acceptors (Lipinski definition) is 3. The van der Waals surface area contributed by atoms with Gasteiger partial charge in [0, 0.05) is 6.04 Å². The summed E-state index contributed by atoms with van der Waals surface area (Å²) in [4.78, 5) is 26.2. The van der Waals surface area contributed by atoms with Gasteiger partial charge in [-0.15, -0.1) is 0 Å². The molecule has 230 valence electrons. The molecule has 1 heterocycles. The highest BCUT2D eigenvalue weighted by Crippen LogP contribution is 2.77. The van der Waals surface area contributed by atoms with Crippen molar-refractivity contribution < 1.29 is 14.7 Å². The maximum Gasteiger partial charge on any atom is 0.309 e. The van der Waals surface area contributed by atoms with Gasteiger partial charge in [0.2, 0.25) is 5.91 Å². The number of piperidine rings is 1. The van der Waals surface area contributed by atoms with Crippen molar-refractivity contribution in [2.24, 2.45) is 56.7 Å². The Morgan fingerprint density at radius 3 is 2.24 bits per heavy atom. The lowest BCUT2D eigenvalue weighted by Gasteiger charge is -2.73. The van der Waals surface area contributed by atoms with Crippen LogP contribution in [0.2, 0.25) is 0 Å². The van der Waals surface area contributed by atoms with Gasteiger partial charge in [-0.3, -0.25) is 9.59 Å². The number of rotatable bonds is 4. The Hall–Kier alpha value is -1.36. The first kappa shape index (κ1) is 29.7. The third-order valence-corrected chi connectivity index (χ3v) is 15.5. The Kier molecular flexibility index (Phi) is 7.12. The average Bonchev–Trinajstić information content (AvgIpc) is 3.33. The molecule has 0 radical (unpaired) electrons.